The molecule has 0 radical (unpaired) electrons. The Morgan fingerprint density at radius 2 is 1.82 bits per heavy atom. The van der Waals surface area contributed by atoms with Crippen molar-refractivity contribution in [2.45, 2.75) is 11.4 Å². The van der Waals surface area contributed by atoms with E-state index in [0.717, 1.165) is 5.56 Å². The van der Waals surface area contributed by atoms with Crippen LogP contribution < -0.4 is 16.2 Å². The average molecular weight is 424 g/mol. The van der Waals surface area contributed by atoms with Crippen LogP contribution in [-0.2, 0) is 16.6 Å². The molecule has 0 fully saturated rings. The zero-order valence-corrected chi connectivity index (χ0v) is 16.0. The second kappa shape index (κ2) is 8.40. The number of carbonyl (C=O) groups is 1. The summed E-state index contributed by atoms with van der Waals surface area (Å²) in [6, 6.07) is 11.9. The van der Waals surface area contributed by atoms with Gasteiger partial charge in [-0.15, -0.1) is 12.4 Å². The van der Waals surface area contributed by atoms with Gasteiger partial charge in [0.15, 0.2) is 0 Å². The lowest BCUT2D eigenvalue weighted by Crippen LogP contribution is -2.14. The van der Waals surface area contributed by atoms with E-state index in [1.54, 1.807) is 12.1 Å². The number of H-pyrrole nitrogens is 1. The summed E-state index contributed by atoms with van der Waals surface area (Å²) in [6.07, 6.45) is 0. The first-order valence-corrected chi connectivity index (χ1v) is 9.34. The number of rotatable bonds is 5. The number of amides is 1. The third-order valence-electron chi connectivity index (χ3n) is 3.84. The molecule has 1 heterocycles. The van der Waals surface area contributed by atoms with E-state index < -0.39 is 15.9 Å². The van der Waals surface area contributed by atoms with Crippen LogP contribution in [0.15, 0.2) is 53.4 Å². The highest BCUT2D eigenvalue weighted by atomic mass is 35.5. The Labute approximate surface area is 167 Å². The van der Waals surface area contributed by atoms with E-state index in [1.807, 2.05) is 0 Å². The molecule has 0 spiro atoms. The molecule has 28 heavy (non-hydrogen) atoms. The molecular formula is C17H18ClN5O4S. The summed E-state index contributed by atoms with van der Waals surface area (Å²) in [5, 5.41) is 24.4. The Morgan fingerprint density at radius 3 is 2.39 bits per heavy atom. The van der Waals surface area contributed by atoms with Gasteiger partial charge in [-0.25, -0.2) is 13.6 Å². The number of aromatic hydroxyl groups is 1. The van der Waals surface area contributed by atoms with E-state index in [2.05, 4.69) is 15.5 Å². The molecule has 1 aromatic heterocycles. The van der Waals surface area contributed by atoms with Gasteiger partial charge in [0.05, 0.1) is 10.6 Å². The van der Waals surface area contributed by atoms with Crippen LogP contribution in [0.25, 0.3) is 11.3 Å². The molecule has 1 amide bonds. The van der Waals surface area contributed by atoms with Crippen molar-refractivity contribution in [3.05, 3.63) is 59.8 Å². The number of halogens is 1. The highest BCUT2D eigenvalue weighted by molar-refractivity contribution is 7.89. The molecule has 9 nitrogen and oxygen atoms in total. The van der Waals surface area contributed by atoms with Gasteiger partial charge in [0, 0.05) is 17.8 Å². The monoisotopic (exact) mass is 423 g/mol. The quantitative estimate of drug-likeness (QED) is 0.417. The molecule has 0 atom stereocenters. The van der Waals surface area contributed by atoms with Crippen molar-refractivity contribution in [3.8, 4) is 17.0 Å². The first kappa shape index (κ1) is 21.4. The highest BCUT2D eigenvalue weighted by Gasteiger charge is 2.14. The molecule has 0 bridgehead atoms. The first-order chi connectivity index (χ1) is 12.8. The van der Waals surface area contributed by atoms with E-state index in [-0.39, 0.29) is 28.7 Å². The maximum Gasteiger partial charge on any atom is 0.273 e. The van der Waals surface area contributed by atoms with E-state index >= 15 is 0 Å². The third kappa shape index (κ3) is 4.67. The zero-order valence-electron chi connectivity index (χ0n) is 14.4. The van der Waals surface area contributed by atoms with E-state index in [1.165, 1.54) is 36.4 Å². The molecule has 0 aliphatic carbocycles. The minimum atomic E-state index is -3.80. The number of hydrogen-bond donors (Lipinski definition) is 5. The normalized spacial score (nSPS) is 10.9. The molecule has 0 unspecified atom stereocenters. The lowest BCUT2D eigenvalue weighted by atomic mass is 10.1. The minimum Gasteiger partial charge on any atom is -0.507 e. The Kier molecular flexibility index (Phi) is 6.41. The molecule has 0 aliphatic rings. The van der Waals surface area contributed by atoms with Gasteiger partial charge < -0.3 is 16.2 Å². The Hall–Kier alpha value is -2.92. The van der Waals surface area contributed by atoms with Crippen LogP contribution in [0, 0.1) is 0 Å². The number of aromatic nitrogens is 2. The summed E-state index contributed by atoms with van der Waals surface area (Å²) in [6.45, 7) is 0.298. The summed E-state index contributed by atoms with van der Waals surface area (Å²) in [7, 11) is -3.80. The average Bonchev–Trinajstić information content (AvgIpc) is 3.11. The predicted molar refractivity (Wildman–Crippen MR) is 107 cm³/mol. The molecule has 11 heteroatoms. The number of phenolic OH excluding ortho intramolecular Hbond substituents is 1. The van der Waals surface area contributed by atoms with Crippen molar-refractivity contribution in [2.24, 2.45) is 10.9 Å². The number of nitrogens with one attached hydrogen (secondary N) is 2. The summed E-state index contributed by atoms with van der Waals surface area (Å²) < 4.78 is 22.5. The highest BCUT2D eigenvalue weighted by Crippen LogP contribution is 2.29. The zero-order chi connectivity index (χ0) is 19.6. The lowest BCUT2D eigenvalue weighted by Gasteiger charge is -2.04. The number of anilines is 1. The maximum atomic E-state index is 12.3. The summed E-state index contributed by atoms with van der Waals surface area (Å²) in [5.41, 5.74) is 7.71. The Morgan fingerprint density at radius 1 is 1.14 bits per heavy atom. The fraction of sp³-hybridized carbons (Fsp3) is 0.0588. The summed E-state index contributed by atoms with van der Waals surface area (Å²) in [5.74, 6) is -0.467. The number of aromatic amines is 1. The van der Waals surface area contributed by atoms with Crippen molar-refractivity contribution in [1.29, 1.82) is 0 Å². The number of nitrogens with two attached hydrogens (primary N) is 2. The number of phenols is 1. The standard InChI is InChI=1S/C17H17N5O4S.ClH/c18-9-10-1-6-13(16(23)7-10)14-8-15(22-21-14)17(24)20-11-2-4-12(5-3-11)27(19,25)26;/h1-8,23H,9,18H2,(H,20,24)(H,21,22)(H2,19,25,26);1H. The minimum absolute atomic E-state index is 0. The molecule has 7 N–H and O–H groups in total. The van der Waals surface area contributed by atoms with Gasteiger partial charge in [-0.2, -0.15) is 5.10 Å². The van der Waals surface area contributed by atoms with Gasteiger partial charge in [0.2, 0.25) is 10.0 Å². The SMILES string of the molecule is Cl.NCc1ccc(-c2cc(C(=O)Nc3ccc(S(N)(=O)=O)cc3)[nH]n2)c(O)c1. The van der Waals surface area contributed by atoms with E-state index in [4.69, 9.17) is 10.9 Å². The van der Waals surface area contributed by atoms with Gasteiger partial charge in [-0.3, -0.25) is 9.89 Å². The molecule has 0 saturated carbocycles. The van der Waals surface area contributed by atoms with Gasteiger partial charge in [0.25, 0.3) is 5.91 Å². The smallest absolute Gasteiger partial charge is 0.273 e. The van der Waals surface area contributed by atoms with E-state index in [9.17, 15) is 18.3 Å². The molecule has 2 aromatic carbocycles. The molecule has 148 valence electrons. The molecule has 3 aromatic rings. The number of sulfonamides is 1. The molecule has 0 saturated heterocycles. The fourth-order valence-electron chi connectivity index (χ4n) is 2.42. The number of hydrogen-bond acceptors (Lipinski definition) is 6. The van der Waals surface area contributed by atoms with Crippen LogP contribution in [-0.4, -0.2) is 29.6 Å². The number of carbonyl (C=O) groups excluding carboxylic acids is 1. The second-order valence-electron chi connectivity index (χ2n) is 5.75. The Balaban J connectivity index is 0.00000280. The van der Waals surface area contributed by atoms with Crippen LogP contribution in [0.4, 0.5) is 5.69 Å². The largest absolute Gasteiger partial charge is 0.507 e. The van der Waals surface area contributed by atoms with Gasteiger partial charge in [-0.1, -0.05) is 6.07 Å². The van der Waals surface area contributed by atoms with Crippen molar-refractivity contribution in [2.75, 3.05) is 5.32 Å². The predicted octanol–water partition coefficient (Wildman–Crippen LogP) is 1.56. The van der Waals surface area contributed by atoms with Crippen LogP contribution in [0.3, 0.4) is 0 Å². The summed E-state index contributed by atoms with van der Waals surface area (Å²) in [4.78, 5) is 12.3. The third-order valence-corrected chi connectivity index (χ3v) is 4.77. The van der Waals surface area contributed by atoms with Crippen LogP contribution in [0.1, 0.15) is 16.1 Å². The van der Waals surface area contributed by atoms with Crippen molar-refractivity contribution in [1.82, 2.24) is 10.2 Å². The Bertz CT molecular complexity index is 1100. The number of benzene rings is 2. The second-order valence-corrected chi connectivity index (χ2v) is 7.31. The van der Waals surface area contributed by atoms with Crippen LogP contribution >= 0.6 is 12.4 Å². The molecule has 3 rings (SSSR count). The van der Waals surface area contributed by atoms with Crippen molar-refractivity contribution in [3.63, 3.8) is 0 Å². The number of nitrogens with zero attached hydrogens (tertiary/aromatic N) is 1. The lowest BCUT2D eigenvalue weighted by molar-refractivity contribution is 0.102. The first-order valence-electron chi connectivity index (χ1n) is 7.80. The number of primary sulfonamides is 1. The fourth-order valence-corrected chi connectivity index (χ4v) is 2.94. The van der Waals surface area contributed by atoms with E-state index in [0.29, 0.717) is 23.5 Å². The van der Waals surface area contributed by atoms with Crippen molar-refractivity contribution < 1.29 is 18.3 Å². The molecular weight excluding hydrogens is 406 g/mol. The van der Waals surface area contributed by atoms with Gasteiger partial charge >= 0.3 is 0 Å². The van der Waals surface area contributed by atoms with Crippen LogP contribution in [0.2, 0.25) is 0 Å². The van der Waals surface area contributed by atoms with Crippen molar-refractivity contribution >= 4 is 34.0 Å². The van der Waals surface area contributed by atoms with Gasteiger partial charge in [0.1, 0.15) is 11.4 Å². The molecule has 0 aliphatic heterocycles. The van der Waals surface area contributed by atoms with Crippen LogP contribution in [0.5, 0.6) is 5.75 Å². The van der Waals surface area contributed by atoms with Gasteiger partial charge in [-0.05, 0) is 48.0 Å². The maximum absolute atomic E-state index is 12.3. The summed E-state index contributed by atoms with van der Waals surface area (Å²) >= 11 is 0. The topological polar surface area (TPSA) is 164 Å².